The van der Waals surface area contributed by atoms with Crippen LogP contribution < -0.4 is 0 Å². The Bertz CT molecular complexity index is 1150. The number of esters is 2. The zero-order chi connectivity index (χ0) is 18.4. The predicted octanol–water partition coefficient (Wildman–Crippen LogP) is 3.29. The van der Waals surface area contributed by atoms with Crippen molar-refractivity contribution in [3.63, 3.8) is 0 Å². The summed E-state index contributed by atoms with van der Waals surface area (Å²) in [7, 11) is 2.39. The lowest BCUT2D eigenvalue weighted by molar-refractivity contribution is -0.137. The van der Waals surface area contributed by atoms with E-state index in [1.807, 2.05) is 36.4 Å². The molecule has 0 atom stereocenters. The summed E-state index contributed by atoms with van der Waals surface area (Å²) in [6.07, 6.45) is 0. The fourth-order valence-electron chi connectivity index (χ4n) is 3.55. The Kier molecular flexibility index (Phi) is 3.58. The highest BCUT2D eigenvalue weighted by Gasteiger charge is 2.37. The number of hydrogen-bond donors (Lipinski definition) is 0. The average Bonchev–Trinajstić information content (AvgIpc) is 2.68. The molecule has 0 bridgehead atoms. The minimum atomic E-state index is -0.856. The van der Waals surface area contributed by atoms with Gasteiger partial charge in [0.05, 0.1) is 19.8 Å². The molecule has 0 saturated heterocycles. The van der Waals surface area contributed by atoms with Gasteiger partial charge in [0.15, 0.2) is 0 Å². The zero-order valence-electron chi connectivity index (χ0n) is 14.2. The van der Waals surface area contributed by atoms with Gasteiger partial charge < -0.3 is 9.47 Å². The summed E-state index contributed by atoms with van der Waals surface area (Å²) in [5.41, 5.74) is 0.547. The van der Waals surface area contributed by atoms with Crippen LogP contribution in [-0.2, 0) is 19.1 Å². The summed E-state index contributed by atoms with van der Waals surface area (Å²) in [5.74, 6) is -2.13. The number of hydrogen-bond acceptors (Lipinski definition) is 5. The largest absolute Gasteiger partial charge is 0.465 e. The second-order valence-corrected chi connectivity index (χ2v) is 5.94. The molecule has 26 heavy (non-hydrogen) atoms. The fourth-order valence-corrected chi connectivity index (χ4v) is 3.55. The van der Waals surface area contributed by atoms with Crippen LogP contribution >= 0.6 is 0 Å². The Hall–Kier alpha value is -3.47. The van der Waals surface area contributed by atoms with E-state index >= 15 is 0 Å². The molecule has 0 amide bonds. The fraction of sp³-hybridized carbons (Fsp3) is 0.0952. The van der Waals surface area contributed by atoms with E-state index in [9.17, 15) is 14.4 Å². The van der Waals surface area contributed by atoms with Crippen LogP contribution in [0.1, 0.15) is 15.9 Å². The molecule has 128 valence electrons. The van der Waals surface area contributed by atoms with Crippen molar-refractivity contribution in [2.45, 2.75) is 0 Å². The highest BCUT2D eigenvalue weighted by atomic mass is 16.5. The highest BCUT2D eigenvalue weighted by molar-refractivity contribution is 6.44. The summed E-state index contributed by atoms with van der Waals surface area (Å²) >= 11 is 0. The lowest BCUT2D eigenvalue weighted by Gasteiger charge is -2.22. The van der Waals surface area contributed by atoms with Crippen LogP contribution in [0.25, 0.3) is 27.1 Å². The molecular formula is C21H14O5. The van der Waals surface area contributed by atoms with Crippen LogP contribution in [0.3, 0.4) is 0 Å². The summed E-state index contributed by atoms with van der Waals surface area (Å²) in [5, 5.41) is 3.06. The zero-order valence-corrected chi connectivity index (χ0v) is 14.2. The molecule has 1 aliphatic rings. The molecule has 0 heterocycles. The molecule has 4 rings (SSSR count). The lowest BCUT2D eigenvalue weighted by atomic mass is 9.80. The standard InChI is InChI=1S/C21H14O5/c1-25-20(23)17-14-9-5-7-12-10-11-6-3-4-8-13(11)16(15(12)14)19(22)18(17)21(24)26-2/h3-10H,1-2H3. The summed E-state index contributed by atoms with van der Waals surface area (Å²) in [4.78, 5) is 38.1. The van der Waals surface area contributed by atoms with Crippen molar-refractivity contribution in [3.8, 4) is 0 Å². The molecule has 0 saturated carbocycles. The van der Waals surface area contributed by atoms with Gasteiger partial charge in [-0.25, -0.2) is 9.59 Å². The van der Waals surface area contributed by atoms with Crippen molar-refractivity contribution in [2.24, 2.45) is 0 Å². The quantitative estimate of drug-likeness (QED) is 0.405. The Morgan fingerprint density at radius 3 is 2.19 bits per heavy atom. The van der Waals surface area contributed by atoms with E-state index in [4.69, 9.17) is 9.47 Å². The summed E-state index contributed by atoms with van der Waals surface area (Å²) in [6, 6.07) is 14.8. The van der Waals surface area contributed by atoms with Crippen molar-refractivity contribution < 1.29 is 23.9 Å². The minimum Gasteiger partial charge on any atom is -0.465 e. The molecule has 3 aromatic carbocycles. The van der Waals surface area contributed by atoms with Crippen LogP contribution in [0.15, 0.2) is 54.1 Å². The number of carbonyl (C=O) groups excluding carboxylic acids is 3. The van der Waals surface area contributed by atoms with Crippen molar-refractivity contribution in [2.75, 3.05) is 14.2 Å². The van der Waals surface area contributed by atoms with Gasteiger partial charge in [0.2, 0.25) is 5.78 Å². The number of ether oxygens (including phenoxy) is 2. The molecule has 5 heteroatoms. The van der Waals surface area contributed by atoms with Crippen molar-refractivity contribution in [3.05, 3.63) is 65.2 Å². The first kappa shape index (κ1) is 16.0. The number of benzene rings is 3. The number of Topliss-reactive ketones (excluding diaryl/α,β-unsaturated/α-hetero) is 1. The Morgan fingerprint density at radius 2 is 1.46 bits per heavy atom. The number of fused-ring (bicyclic) bond motifs is 2. The normalized spacial score (nSPS) is 13.2. The molecule has 0 aliphatic heterocycles. The van der Waals surface area contributed by atoms with Gasteiger partial charge in [0, 0.05) is 10.9 Å². The molecular weight excluding hydrogens is 332 g/mol. The van der Waals surface area contributed by atoms with E-state index in [0.717, 1.165) is 16.2 Å². The van der Waals surface area contributed by atoms with Crippen LogP contribution in [-0.4, -0.2) is 31.9 Å². The summed E-state index contributed by atoms with van der Waals surface area (Å²) in [6.45, 7) is 0. The van der Waals surface area contributed by atoms with Gasteiger partial charge in [-0.05, 0) is 27.8 Å². The van der Waals surface area contributed by atoms with Crippen LogP contribution in [0.4, 0.5) is 0 Å². The van der Waals surface area contributed by atoms with Crippen LogP contribution in [0.5, 0.6) is 0 Å². The molecule has 0 unspecified atom stereocenters. The molecule has 1 aliphatic carbocycles. The number of methoxy groups -OCH3 is 2. The Balaban J connectivity index is 2.23. The number of rotatable bonds is 2. The first-order valence-electron chi connectivity index (χ1n) is 7.99. The van der Waals surface area contributed by atoms with Crippen LogP contribution in [0, 0.1) is 0 Å². The maximum Gasteiger partial charge on any atom is 0.342 e. The van der Waals surface area contributed by atoms with Gasteiger partial charge in [-0.2, -0.15) is 0 Å². The maximum absolute atomic E-state index is 13.3. The molecule has 3 aromatic rings. The number of carbonyl (C=O) groups is 3. The van der Waals surface area contributed by atoms with E-state index in [-0.39, 0.29) is 11.1 Å². The predicted molar refractivity (Wildman–Crippen MR) is 96.7 cm³/mol. The van der Waals surface area contributed by atoms with Crippen molar-refractivity contribution in [1.29, 1.82) is 0 Å². The second-order valence-electron chi connectivity index (χ2n) is 5.94. The lowest BCUT2D eigenvalue weighted by Crippen LogP contribution is -2.24. The first-order chi connectivity index (χ1) is 12.6. The van der Waals surface area contributed by atoms with Gasteiger partial charge in [-0.15, -0.1) is 0 Å². The minimum absolute atomic E-state index is 0.0577. The van der Waals surface area contributed by atoms with Crippen LogP contribution in [0.2, 0.25) is 0 Å². The SMILES string of the molecule is COC(=O)C1=C(C(=O)OC)c2cccc3cc4ccccc4c(c23)C1=O. The van der Waals surface area contributed by atoms with E-state index in [0.29, 0.717) is 16.5 Å². The molecule has 0 fully saturated rings. The van der Waals surface area contributed by atoms with E-state index in [2.05, 4.69) is 0 Å². The van der Waals surface area contributed by atoms with E-state index < -0.39 is 17.7 Å². The molecule has 0 aromatic heterocycles. The molecule has 5 nitrogen and oxygen atoms in total. The Labute approximate surface area is 148 Å². The molecule has 0 radical (unpaired) electrons. The maximum atomic E-state index is 13.3. The third-order valence-corrected chi connectivity index (χ3v) is 4.64. The highest BCUT2D eigenvalue weighted by Crippen LogP contribution is 2.40. The van der Waals surface area contributed by atoms with E-state index in [1.54, 1.807) is 12.1 Å². The van der Waals surface area contributed by atoms with E-state index in [1.165, 1.54) is 14.2 Å². The van der Waals surface area contributed by atoms with Gasteiger partial charge in [0.1, 0.15) is 5.57 Å². The van der Waals surface area contributed by atoms with Gasteiger partial charge in [0.25, 0.3) is 0 Å². The monoisotopic (exact) mass is 346 g/mol. The molecule has 0 spiro atoms. The van der Waals surface area contributed by atoms with Gasteiger partial charge in [-0.3, -0.25) is 4.79 Å². The third kappa shape index (κ3) is 2.07. The Morgan fingerprint density at radius 1 is 0.808 bits per heavy atom. The third-order valence-electron chi connectivity index (χ3n) is 4.64. The summed E-state index contributed by atoms with van der Waals surface area (Å²) < 4.78 is 9.62. The first-order valence-corrected chi connectivity index (χ1v) is 7.99. The van der Waals surface area contributed by atoms with Crippen molar-refractivity contribution in [1.82, 2.24) is 0 Å². The smallest absolute Gasteiger partial charge is 0.342 e. The van der Waals surface area contributed by atoms with Gasteiger partial charge in [-0.1, -0.05) is 42.5 Å². The van der Waals surface area contributed by atoms with Gasteiger partial charge >= 0.3 is 11.9 Å². The average molecular weight is 346 g/mol. The number of ketones is 1. The topological polar surface area (TPSA) is 69.7 Å². The van der Waals surface area contributed by atoms with Crippen molar-refractivity contribution >= 4 is 44.8 Å². The second kappa shape index (κ2) is 5.81. The molecule has 0 N–H and O–H groups in total.